The smallest absolute Gasteiger partial charge is 0.343 e. The maximum absolute atomic E-state index is 15.7. The van der Waals surface area contributed by atoms with Crippen LogP contribution in [-0.4, -0.2) is 250 Å². The van der Waals surface area contributed by atoms with Gasteiger partial charge >= 0.3 is 12.4 Å². The van der Waals surface area contributed by atoms with Gasteiger partial charge in [-0.2, -0.15) is 26.3 Å². The predicted molar refractivity (Wildman–Crippen MR) is 386 cm³/mol. The number of aryl methyl sites for hydroxylation is 1. The van der Waals surface area contributed by atoms with Crippen molar-refractivity contribution in [2.75, 3.05) is 75.5 Å². The summed E-state index contributed by atoms with van der Waals surface area (Å²) in [6, 6.07) is 2.55. The van der Waals surface area contributed by atoms with E-state index in [2.05, 4.69) is 16.0 Å². The number of amides is 12. The summed E-state index contributed by atoms with van der Waals surface area (Å²) >= 11 is 6.17. The van der Waals surface area contributed by atoms with Crippen molar-refractivity contribution in [3.05, 3.63) is 106 Å². The van der Waals surface area contributed by atoms with Crippen LogP contribution in [0.25, 0.3) is 0 Å². The monoisotopic (exact) mass is 1520 g/mol. The molecule has 0 unspecified atom stereocenters. The second-order valence-electron chi connectivity index (χ2n) is 29.3. The van der Waals surface area contributed by atoms with E-state index in [0.717, 1.165) is 78.3 Å². The van der Waals surface area contributed by atoms with Crippen molar-refractivity contribution in [3.8, 4) is 0 Å². The van der Waals surface area contributed by atoms with Crippen LogP contribution in [0.15, 0.2) is 72.8 Å². The summed E-state index contributed by atoms with van der Waals surface area (Å²) in [7, 11) is 9.18. The first-order valence-electron chi connectivity index (χ1n) is 36.6. The first-order valence-corrected chi connectivity index (χ1v) is 37.0. The highest BCUT2D eigenvalue weighted by Crippen LogP contribution is 2.37. The summed E-state index contributed by atoms with van der Waals surface area (Å²) in [6.07, 6.45) is -7.63. The zero-order chi connectivity index (χ0) is 79.5. The summed E-state index contributed by atoms with van der Waals surface area (Å²) in [4.78, 5) is 191. The first kappa shape index (κ1) is 85.4. The van der Waals surface area contributed by atoms with E-state index < -0.39 is 191 Å². The van der Waals surface area contributed by atoms with Crippen LogP contribution in [0.5, 0.6) is 0 Å². The van der Waals surface area contributed by atoms with E-state index in [9.17, 15) is 59.9 Å². The molecule has 3 N–H and O–H groups in total. The predicted octanol–water partition coefficient (Wildman–Crippen LogP) is 6.76. The fourth-order valence-corrected chi connectivity index (χ4v) is 14.7. The Hall–Kier alpha value is -8.83. The van der Waals surface area contributed by atoms with E-state index >= 15 is 24.0 Å². The van der Waals surface area contributed by atoms with E-state index in [-0.39, 0.29) is 56.2 Å². The summed E-state index contributed by atoms with van der Waals surface area (Å²) < 4.78 is 83.6. The highest BCUT2D eigenvalue weighted by Gasteiger charge is 2.51. The normalized spacial score (nSPS) is 25.5. The molecule has 3 aromatic carbocycles. The molecule has 31 heteroatoms. The number of likely N-dealkylation sites (tertiary alicyclic amines) is 1. The Bertz CT molecular complexity index is 3730. The minimum absolute atomic E-state index is 0.000511. The van der Waals surface area contributed by atoms with Gasteiger partial charge in [0, 0.05) is 81.8 Å². The molecule has 4 aliphatic rings. The van der Waals surface area contributed by atoms with Gasteiger partial charge in [0.05, 0.1) is 29.1 Å². The number of nitrogens with zero attached hydrogens (tertiary/aromatic N) is 9. The molecular formula is C76H103ClF6N12O12. The van der Waals surface area contributed by atoms with Crippen LogP contribution in [0.3, 0.4) is 0 Å². The maximum Gasteiger partial charge on any atom is 0.417 e. The lowest BCUT2D eigenvalue weighted by atomic mass is 9.90. The van der Waals surface area contributed by atoms with Gasteiger partial charge in [0.25, 0.3) is 0 Å². The second kappa shape index (κ2) is 36.4. The van der Waals surface area contributed by atoms with Crippen molar-refractivity contribution < 1.29 is 83.9 Å². The van der Waals surface area contributed by atoms with Crippen LogP contribution in [0.2, 0.25) is 5.02 Å². The van der Waals surface area contributed by atoms with Crippen LogP contribution in [0.4, 0.5) is 26.3 Å². The van der Waals surface area contributed by atoms with Crippen molar-refractivity contribution >= 4 is 82.5 Å². The fourth-order valence-electron chi connectivity index (χ4n) is 14.4. The number of rotatable bonds is 12. The van der Waals surface area contributed by atoms with Gasteiger partial charge in [-0.15, -0.1) is 0 Å². The Labute approximate surface area is 626 Å². The van der Waals surface area contributed by atoms with Crippen LogP contribution < -0.4 is 16.0 Å². The number of halogens is 7. The number of fused-ring (bicyclic) bond motifs is 1. The standard InChI is InChI=1S/C76H103ClF6N12O12/c1-14-45(3)62-71(105)89(9)48(6)66(100)95-39-34-56(95)69(103)91(11)58(42-51-26-30-52(31-27-51)75(78,79)80)68(102)87(7)44-60(96)84-55(33-29-50-28-32-53(54(77)40-50)76(81,82)83)67(101)90(10)57(41-49-24-18-16-19-25-49)65(99)86-74(35-20-21-36-74)73(107)93(13)63(46(4)15-2)72(106)92(12)59(70(104)94-37-22-17-23-38-94)43-61(97)88(8)47(5)64(98)85-62/h16,18-19,24-28,30-32,40,45-48,55-59,62-63H,14-15,17,20-23,29,33-39,41-44H2,1-13H3,(H,84,96)(H,85,98)(H,86,99)/t45-,46-,47-,48-,55-,56-,57+,58-,59-,62-,63-/m0/s1. The minimum Gasteiger partial charge on any atom is -0.343 e. The number of hydrogen-bond acceptors (Lipinski definition) is 12. The number of hydrogen-bond donors (Lipinski definition) is 3. The Morgan fingerprint density at radius 2 is 1.16 bits per heavy atom. The summed E-state index contributed by atoms with van der Waals surface area (Å²) in [6.45, 7) is 9.63. The molecule has 1 aliphatic carbocycles. The summed E-state index contributed by atoms with van der Waals surface area (Å²) in [5, 5.41) is 7.79. The third-order valence-corrected chi connectivity index (χ3v) is 22.5. The number of nitrogens with one attached hydrogen (secondary N) is 3. The highest BCUT2D eigenvalue weighted by molar-refractivity contribution is 6.31. The SMILES string of the molecule is CC[C@H](C)[C@@H]1NC(=O)[C@H](C)N(C)C(=O)C[C@@H](C(=O)N2CCCCC2)N(C)C(=O)[C@H]([C@@H](C)CC)N(C)C(=O)C2(CCCC2)NC(=O)[C@@H](Cc2ccccc2)N(C)C(=O)[C@H](CCc2ccc(C(F)(F)F)c(Cl)c2)NC(=O)CN(C)C(=O)[C@H](Cc2ccc(C(F)(F)F)cc2)N(C)C(=O)[C@@H]2CCN2C(=O)[C@H](C)N(C)C1=O. The molecule has 3 heterocycles. The number of likely N-dealkylation sites (N-methyl/N-ethyl adjacent to an activating group) is 7. The molecule has 588 valence electrons. The molecule has 7 rings (SSSR count). The molecule has 3 saturated heterocycles. The molecule has 12 amide bonds. The van der Waals surface area contributed by atoms with Crippen LogP contribution in [0, 0.1) is 11.8 Å². The van der Waals surface area contributed by atoms with E-state index in [1.165, 1.54) is 73.0 Å². The van der Waals surface area contributed by atoms with Gasteiger partial charge in [-0.3, -0.25) is 57.5 Å². The molecule has 0 aromatic heterocycles. The quantitative estimate of drug-likeness (QED) is 0.159. The third kappa shape index (κ3) is 20.3. The van der Waals surface area contributed by atoms with Gasteiger partial charge in [-0.05, 0) is 118 Å². The van der Waals surface area contributed by atoms with Crippen LogP contribution in [0.1, 0.15) is 146 Å². The van der Waals surface area contributed by atoms with Crippen LogP contribution >= 0.6 is 11.6 Å². The zero-order valence-corrected chi connectivity index (χ0v) is 64.0. The molecule has 1 saturated carbocycles. The molecule has 4 fully saturated rings. The molecule has 1 spiro atoms. The Morgan fingerprint density at radius 3 is 1.72 bits per heavy atom. The Kier molecular flexibility index (Phi) is 29.0. The number of benzene rings is 3. The van der Waals surface area contributed by atoms with E-state index in [1.54, 1.807) is 62.9 Å². The average Bonchev–Trinajstić information content (AvgIpc) is 1.72. The number of alkyl halides is 6. The number of carbonyl (C=O) groups excluding carboxylic acids is 12. The lowest BCUT2D eigenvalue weighted by molar-refractivity contribution is -0.160. The van der Waals surface area contributed by atoms with Gasteiger partial charge in [-0.25, -0.2) is 0 Å². The lowest BCUT2D eigenvalue weighted by Gasteiger charge is -2.45. The van der Waals surface area contributed by atoms with Gasteiger partial charge in [0.2, 0.25) is 70.9 Å². The minimum atomic E-state index is -4.83. The van der Waals surface area contributed by atoms with Crippen molar-refractivity contribution in [1.82, 2.24) is 60.0 Å². The van der Waals surface area contributed by atoms with Crippen molar-refractivity contribution in [2.45, 2.75) is 210 Å². The van der Waals surface area contributed by atoms with Crippen molar-refractivity contribution in [1.29, 1.82) is 0 Å². The fraction of sp³-hybridized carbons (Fsp3) is 0.605. The van der Waals surface area contributed by atoms with E-state index in [1.807, 2.05) is 0 Å². The Morgan fingerprint density at radius 1 is 0.579 bits per heavy atom. The van der Waals surface area contributed by atoms with E-state index in [0.29, 0.717) is 57.2 Å². The van der Waals surface area contributed by atoms with Crippen molar-refractivity contribution in [2.24, 2.45) is 11.8 Å². The zero-order valence-electron chi connectivity index (χ0n) is 63.3. The number of carbonyl (C=O) groups is 12. The second-order valence-corrected chi connectivity index (χ2v) is 29.7. The molecule has 0 radical (unpaired) electrons. The molecule has 24 nitrogen and oxygen atoms in total. The molecular weight excluding hydrogens is 1420 g/mol. The Balaban J connectivity index is 1.34. The molecule has 3 aromatic rings. The van der Waals surface area contributed by atoms with Crippen LogP contribution in [-0.2, 0) is 89.1 Å². The summed E-state index contributed by atoms with van der Waals surface area (Å²) in [5.41, 5.74) is -3.01. The average molecular weight is 1530 g/mol. The molecule has 107 heavy (non-hydrogen) atoms. The topological polar surface area (TPSA) is 270 Å². The first-order chi connectivity index (χ1) is 50.2. The highest BCUT2D eigenvalue weighted by atomic mass is 35.5. The van der Waals surface area contributed by atoms with Gasteiger partial charge < -0.3 is 60.0 Å². The number of piperidine rings is 1. The molecule has 0 bridgehead atoms. The van der Waals surface area contributed by atoms with Gasteiger partial charge in [0.1, 0.15) is 59.9 Å². The van der Waals surface area contributed by atoms with E-state index in [4.69, 9.17) is 11.6 Å². The maximum atomic E-state index is 15.7. The van der Waals surface area contributed by atoms with Gasteiger partial charge in [0.15, 0.2) is 0 Å². The van der Waals surface area contributed by atoms with Crippen molar-refractivity contribution in [3.63, 3.8) is 0 Å². The lowest BCUT2D eigenvalue weighted by Crippen LogP contribution is -2.65. The summed E-state index contributed by atoms with van der Waals surface area (Å²) in [5.74, 6) is -10.6. The molecule has 3 aliphatic heterocycles. The molecule has 11 atom stereocenters. The third-order valence-electron chi connectivity index (χ3n) is 22.2. The van der Waals surface area contributed by atoms with Gasteiger partial charge in [-0.1, -0.05) is 114 Å². The largest absolute Gasteiger partial charge is 0.417 e.